The summed E-state index contributed by atoms with van der Waals surface area (Å²) in [6.07, 6.45) is 0.427. The summed E-state index contributed by atoms with van der Waals surface area (Å²) in [6.45, 7) is 2.99. The molecule has 0 aliphatic carbocycles. The number of fused-ring (bicyclic) bond motifs is 1. The quantitative estimate of drug-likeness (QED) is 0.485. The Balaban J connectivity index is 0.00000300. The fourth-order valence-electron chi connectivity index (χ4n) is 3.23. The number of carboxylic acid groups (broad SMARTS) is 1. The molecule has 0 radical (unpaired) electrons. The molecular weight excluding hydrogens is 388 g/mol. The van der Waals surface area contributed by atoms with Gasteiger partial charge in [0.05, 0.1) is 12.2 Å². The molecule has 0 saturated carbocycles. The Morgan fingerprint density at radius 1 is 1.34 bits per heavy atom. The normalized spacial score (nSPS) is 13.7. The van der Waals surface area contributed by atoms with Gasteiger partial charge in [0, 0.05) is 38.4 Å². The summed E-state index contributed by atoms with van der Waals surface area (Å²) in [4.78, 5) is 13.2. The van der Waals surface area contributed by atoms with Gasteiger partial charge in [-0.15, -0.1) is 0 Å². The molecule has 0 aromatic heterocycles. The number of benzene rings is 2. The molecule has 3 rings (SSSR count). The summed E-state index contributed by atoms with van der Waals surface area (Å²) in [5.74, 6) is -0.645. The van der Waals surface area contributed by atoms with Gasteiger partial charge >= 0.3 is 29.0 Å². The second kappa shape index (κ2) is 11.2. The van der Waals surface area contributed by atoms with Crippen molar-refractivity contribution in [3.05, 3.63) is 53.8 Å². The number of carboxylic acids is 1. The number of hydrogen-bond donors (Lipinski definition) is 2. The molecule has 1 atom stereocenters. The van der Waals surface area contributed by atoms with Gasteiger partial charge in [0.1, 0.15) is 18.2 Å². The first kappa shape index (κ1) is 23.2. The Morgan fingerprint density at radius 2 is 2.10 bits per heavy atom. The van der Waals surface area contributed by atoms with Gasteiger partial charge in [0.2, 0.25) is 0 Å². The van der Waals surface area contributed by atoms with Crippen LogP contribution in [0.1, 0.15) is 14.8 Å². The summed E-state index contributed by atoms with van der Waals surface area (Å²) in [5, 5.41) is 12.4. The van der Waals surface area contributed by atoms with Gasteiger partial charge in [0.25, 0.3) is 0 Å². The average Bonchev–Trinajstić information content (AvgIpc) is 2.70. The largest absolute Gasteiger partial charge is 2.00 e. The van der Waals surface area contributed by atoms with Crippen molar-refractivity contribution in [2.75, 3.05) is 43.6 Å². The molecule has 1 heterocycles. The van der Waals surface area contributed by atoms with Gasteiger partial charge in [-0.3, -0.25) is 0 Å². The molecule has 6 nitrogen and oxygen atoms in total. The van der Waals surface area contributed by atoms with Crippen molar-refractivity contribution >= 4 is 40.4 Å². The number of aliphatic carboxylic acids is 1. The van der Waals surface area contributed by atoms with E-state index >= 15 is 0 Å². The van der Waals surface area contributed by atoms with Crippen molar-refractivity contribution in [1.82, 2.24) is 0 Å². The molecule has 29 heavy (non-hydrogen) atoms. The van der Waals surface area contributed by atoms with Gasteiger partial charge in [-0.2, -0.15) is 0 Å². The number of methoxy groups -OCH3 is 1. The monoisotopic (exact) mass is 414 g/mol. The third-order valence-corrected chi connectivity index (χ3v) is 4.75. The molecule has 1 unspecified atom stereocenters. The van der Waals surface area contributed by atoms with Crippen molar-refractivity contribution in [2.24, 2.45) is 0 Å². The maximum absolute atomic E-state index is 13.3. The number of halogens is 1. The van der Waals surface area contributed by atoms with Crippen LogP contribution in [0.15, 0.2) is 42.5 Å². The smallest absolute Gasteiger partial charge is 1.00 e. The van der Waals surface area contributed by atoms with E-state index in [1.165, 1.54) is 19.2 Å². The van der Waals surface area contributed by atoms with Crippen LogP contribution >= 0.6 is 0 Å². The number of rotatable bonds is 9. The van der Waals surface area contributed by atoms with E-state index in [2.05, 4.69) is 10.2 Å². The zero-order chi connectivity index (χ0) is 19.9. The number of nitrogens with zero attached hydrogens (tertiary/aromatic N) is 1. The molecule has 0 spiro atoms. The molecule has 1 aliphatic rings. The first-order valence-electron chi connectivity index (χ1n) is 9.32. The van der Waals surface area contributed by atoms with Crippen molar-refractivity contribution in [3.8, 4) is 5.75 Å². The number of ether oxygens (including phenoxy) is 2. The van der Waals surface area contributed by atoms with E-state index in [4.69, 9.17) is 14.6 Å². The first-order valence-corrected chi connectivity index (χ1v) is 9.32. The van der Waals surface area contributed by atoms with Crippen LogP contribution < -0.4 is 15.0 Å². The van der Waals surface area contributed by atoms with Crippen molar-refractivity contribution < 1.29 is 26.6 Å². The van der Waals surface area contributed by atoms with Crippen LogP contribution in [0.25, 0.3) is 0 Å². The minimum atomic E-state index is -0.961. The van der Waals surface area contributed by atoms with Crippen LogP contribution in [0.3, 0.4) is 0 Å². The molecule has 0 fully saturated rings. The van der Waals surface area contributed by atoms with E-state index in [-0.39, 0.29) is 31.7 Å². The van der Waals surface area contributed by atoms with Crippen molar-refractivity contribution in [2.45, 2.75) is 18.9 Å². The average molecular weight is 415 g/mol. The minimum absolute atomic E-state index is 0. The fourth-order valence-corrected chi connectivity index (χ4v) is 3.23. The van der Waals surface area contributed by atoms with E-state index < -0.39 is 12.1 Å². The summed E-state index contributed by atoms with van der Waals surface area (Å²) in [7, 11) is 1.40. The molecule has 2 aromatic rings. The van der Waals surface area contributed by atoms with E-state index in [1.54, 1.807) is 6.07 Å². The first-order chi connectivity index (χ1) is 13.6. The summed E-state index contributed by atoms with van der Waals surface area (Å²) < 4.78 is 23.8. The SMILES string of the molecule is COC(Cc1ccc(NCCCN2CCOc3cc(F)ccc32)cc1)C(=O)O.[H-].[H-].[Mg+2]. The van der Waals surface area contributed by atoms with Gasteiger partial charge in [-0.25, -0.2) is 9.18 Å². The second-order valence-corrected chi connectivity index (χ2v) is 6.69. The van der Waals surface area contributed by atoms with Gasteiger partial charge in [0.15, 0.2) is 6.10 Å². The van der Waals surface area contributed by atoms with Crippen molar-refractivity contribution in [3.63, 3.8) is 0 Å². The van der Waals surface area contributed by atoms with E-state index in [1.807, 2.05) is 24.3 Å². The molecule has 154 valence electrons. The zero-order valence-electron chi connectivity index (χ0n) is 18.6. The summed E-state index contributed by atoms with van der Waals surface area (Å²) >= 11 is 0. The van der Waals surface area contributed by atoms with Gasteiger partial charge in [-0.1, -0.05) is 12.1 Å². The second-order valence-electron chi connectivity index (χ2n) is 6.69. The van der Waals surface area contributed by atoms with Gasteiger partial charge < -0.3 is 27.7 Å². The van der Waals surface area contributed by atoms with Gasteiger partial charge in [-0.05, 0) is 36.2 Å². The number of carbonyl (C=O) groups is 1. The molecule has 1 aliphatic heterocycles. The van der Waals surface area contributed by atoms with Crippen molar-refractivity contribution in [1.29, 1.82) is 0 Å². The van der Waals surface area contributed by atoms with Crippen LogP contribution in [0.5, 0.6) is 5.75 Å². The van der Waals surface area contributed by atoms with E-state index in [9.17, 15) is 9.18 Å². The van der Waals surface area contributed by atoms with E-state index in [0.717, 1.165) is 43.0 Å². The molecule has 8 heteroatoms. The Labute approximate surface area is 189 Å². The number of nitrogens with one attached hydrogen (secondary N) is 1. The number of anilines is 2. The fraction of sp³-hybridized carbons (Fsp3) is 0.381. The standard InChI is InChI=1S/C21H25FN2O4.Mg.2H/c1-27-20(21(25)26)13-15-3-6-17(7-4-15)23-9-2-10-24-11-12-28-19-14-16(22)5-8-18(19)24;;;/h3-8,14,20,23H,2,9-13H2,1H3,(H,25,26);;;/q;+2;2*-1. The third-order valence-electron chi connectivity index (χ3n) is 4.75. The topological polar surface area (TPSA) is 71.0 Å². The van der Waals surface area contributed by atoms with Crippen LogP contribution in [0, 0.1) is 5.82 Å². The van der Waals surface area contributed by atoms with Crippen LogP contribution in [0.2, 0.25) is 0 Å². The molecule has 2 aromatic carbocycles. The maximum atomic E-state index is 13.3. The Kier molecular flexibility index (Phi) is 9.00. The Morgan fingerprint density at radius 3 is 2.79 bits per heavy atom. The maximum Gasteiger partial charge on any atom is 2.00 e. The summed E-state index contributed by atoms with van der Waals surface area (Å²) in [6, 6.07) is 12.3. The summed E-state index contributed by atoms with van der Waals surface area (Å²) in [5.41, 5.74) is 2.83. The molecule has 2 N–H and O–H groups in total. The Hall–Kier alpha value is -2.03. The van der Waals surface area contributed by atoms with Crippen LogP contribution in [-0.2, 0) is 16.0 Å². The Bertz CT molecular complexity index is 814. The molecule has 0 bridgehead atoms. The zero-order valence-corrected chi connectivity index (χ0v) is 18.0. The predicted molar refractivity (Wildman–Crippen MR) is 114 cm³/mol. The minimum Gasteiger partial charge on any atom is -1.00 e. The molecular formula is C21H27FMgN2O4. The van der Waals surface area contributed by atoms with E-state index in [0.29, 0.717) is 18.8 Å². The van der Waals surface area contributed by atoms with Crippen LogP contribution in [0.4, 0.5) is 15.8 Å². The third kappa shape index (κ3) is 6.48. The molecule has 0 saturated heterocycles. The molecule has 0 amide bonds. The number of hydrogen-bond acceptors (Lipinski definition) is 5. The predicted octanol–water partition coefficient (Wildman–Crippen LogP) is 3.01. The van der Waals surface area contributed by atoms with Crippen LogP contribution in [-0.4, -0.2) is 73.6 Å².